The molecule has 3 N–H and O–H groups in total. The Morgan fingerprint density at radius 1 is 1.13 bits per heavy atom. The monoisotopic (exact) mass is 340 g/mol. The first-order valence-electron chi connectivity index (χ1n) is 7.88. The van der Waals surface area contributed by atoms with Crippen LogP contribution >= 0.6 is 0 Å². The maximum atomic E-state index is 11.9. The van der Waals surface area contributed by atoms with Gasteiger partial charge in [-0.25, -0.2) is 13.1 Å². The lowest BCUT2D eigenvalue weighted by Crippen LogP contribution is -2.37. The molecule has 23 heavy (non-hydrogen) atoms. The smallest absolute Gasteiger partial charge is 0.216 e. The molecule has 0 aromatic heterocycles. The molecule has 1 aromatic carbocycles. The van der Waals surface area contributed by atoms with Gasteiger partial charge in [-0.2, -0.15) is 0 Å². The van der Waals surface area contributed by atoms with E-state index >= 15 is 0 Å². The summed E-state index contributed by atoms with van der Waals surface area (Å²) in [6.45, 7) is 7.23. The second-order valence-corrected chi connectivity index (χ2v) is 7.45. The zero-order valence-corrected chi connectivity index (χ0v) is 15.2. The zero-order valence-electron chi connectivity index (χ0n) is 14.4. The molecule has 6 nitrogen and oxygen atoms in total. The lowest BCUT2D eigenvalue weighted by Gasteiger charge is -2.12. The summed E-state index contributed by atoms with van der Waals surface area (Å²) in [6, 6.07) is 7.46. The summed E-state index contributed by atoms with van der Waals surface area (Å²) in [5, 5.41) is 6.42. The van der Waals surface area contributed by atoms with Crippen LogP contribution in [0.3, 0.4) is 0 Å². The fraction of sp³-hybridized carbons (Fsp3) is 0.562. The largest absolute Gasteiger partial charge is 0.356 e. The van der Waals surface area contributed by atoms with Crippen LogP contribution in [0.15, 0.2) is 29.3 Å². The highest BCUT2D eigenvalue weighted by Crippen LogP contribution is 2.08. The van der Waals surface area contributed by atoms with Crippen molar-refractivity contribution in [3.8, 4) is 0 Å². The number of nitrogens with one attached hydrogen (secondary N) is 3. The summed E-state index contributed by atoms with van der Waals surface area (Å²) >= 11 is 0. The van der Waals surface area contributed by atoms with Crippen molar-refractivity contribution in [2.45, 2.75) is 45.5 Å². The number of hydrogen-bond acceptors (Lipinski definition) is 3. The lowest BCUT2D eigenvalue weighted by atomic mass is 10.1. The number of guanidine groups is 1. The Balaban J connectivity index is 2.56. The van der Waals surface area contributed by atoms with Gasteiger partial charge < -0.3 is 10.6 Å². The molecule has 0 radical (unpaired) electrons. The second kappa shape index (κ2) is 9.52. The van der Waals surface area contributed by atoms with Crippen LogP contribution in [0.5, 0.6) is 0 Å². The lowest BCUT2D eigenvalue weighted by molar-refractivity contribution is 0.569. The summed E-state index contributed by atoms with van der Waals surface area (Å²) in [4.78, 5) is 4.14. The third-order valence-corrected chi connectivity index (χ3v) is 4.56. The van der Waals surface area contributed by atoms with Gasteiger partial charge in [0, 0.05) is 26.2 Å². The molecule has 0 atom stereocenters. The molecule has 0 saturated heterocycles. The SMILES string of the molecule is CCCNC(=NC)NCc1ccc(CS(=O)(=O)NC(C)C)cc1. The van der Waals surface area contributed by atoms with E-state index in [-0.39, 0.29) is 11.8 Å². The molecule has 130 valence electrons. The number of rotatable bonds is 8. The first-order chi connectivity index (χ1) is 10.9. The van der Waals surface area contributed by atoms with Crippen molar-refractivity contribution >= 4 is 16.0 Å². The van der Waals surface area contributed by atoms with Gasteiger partial charge >= 0.3 is 0 Å². The summed E-state index contributed by atoms with van der Waals surface area (Å²) in [7, 11) is -1.54. The Bertz CT molecular complexity index is 595. The molecule has 0 amide bonds. The minimum absolute atomic E-state index is 0.00138. The highest BCUT2D eigenvalue weighted by molar-refractivity contribution is 7.88. The van der Waals surface area contributed by atoms with E-state index in [0.717, 1.165) is 30.1 Å². The molecular weight excluding hydrogens is 312 g/mol. The third-order valence-electron chi connectivity index (χ3n) is 3.02. The van der Waals surface area contributed by atoms with Crippen molar-refractivity contribution in [1.82, 2.24) is 15.4 Å². The van der Waals surface area contributed by atoms with Gasteiger partial charge in [-0.1, -0.05) is 31.2 Å². The summed E-state index contributed by atoms with van der Waals surface area (Å²) in [5.74, 6) is 0.762. The Morgan fingerprint density at radius 2 is 1.74 bits per heavy atom. The maximum absolute atomic E-state index is 11.9. The highest BCUT2D eigenvalue weighted by Gasteiger charge is 2.12. The number of benzene rings is 1. The second-order valence-electron chi connectivity index (χ2n) is 5.70. The van der Waals surface area contributed by atoms with Crippen LogP contribution in [0.4, 0.5) is 0 Å². The average molecular weight is 340 g/mol. The van der Waals surface area contributed by atoms with E-state index < -0.39 is 10.0 Å². The van der Waals surface area contributed by atoms with E-state index in [2.05, 4.69) is 27.3 Å². The van der Waals surface area contributed by atoms with Gasteiger partial charge in [0.1, 0.15) is 0 Å². The third kappa shape index (κ3) is 7.99. The Hall–Kier alpha value is -1.60. The molecular formula is C16H28N4O2S. The van der Waals surface area contributed by atoms with Crippen LogP contribution in [0, 0.1) is 0 Å². The fourth-order valence-corrected chi connectivity index (χ4v) is 3.46. The molecule has 1 aromatic rings. The van der Waals surface area contributed by atoms with Gasteiger partial charge in [0.05, 0.1) is 5.75 Å². The average Bonchev–Trinajstić information content (AvgIpc) is 2.47. The van der Waals surface area contributed by atoms with Gasteiger partial charge in [0.15, 0.2) is 5.96 Å². The quantitative estimate of drug-likeness (QED) is 0.496. The normalized spacial score (nSPS) is 12.5. The first-order valence-corrected chi connectivity index (χ1v) is 9.54. The summed E-state index contributed by atoms with van der Waals surface area (Å²) in [6.07, 6.45) is 1.04. The van der Waals surface area contributed by atoms with Gasteiger partial charge in [0.25, 0.3) is 0 Å². The molecule has 0 fully saturated rings. The number of nitrogens with zero attached hydrogens (tertiary/aromatic N) is 1. The van der Waals surface area contributed by atoms with Gasteiger partial charge in [-0.15, -0.1) is 0 Å². The van der Waals surface area contributed by atoms with Crippen LogP contribution < -0.4 is 15.4 Å². The molecule has 0 spiro atoms. The van der Waals surface area contributed by atoms with Crippen molar-refractivity contribution in [1.29, 1.82) is 0 Å². The topological polar surface area (TPSA) is 82.6 Å². The fourth-order valence-electron chi connectivity index (χ4n) is 2.02. The molecule has 0 aliphatic rings. The van der Waals surface area contributed by atoms with Gasteiger partial charge in [-0.3, -0.25) is 4.99 Å². The zero-order chi connectivity index (χ0) is 17.3. The van der Waals surface area contributed by atoms with E-state index in [1.54, 1.807) is 7.05 Å². The maximum Gasteiger partial charge on any atom is 0.216 e. The van der Waals surface area contributed by atoms with E-state index in [0.29, 0.717) is 6.54 Å². The van der Waals surface area contributed by atoms with Gasteiger partial charge in [-0.05, 0) is 31.4 Å². The van der Waals surface area contributed by atoms with Crippen LogP contribution in [-0.2, 0) is 22.3 Å². The van der Waals surface area contributed by atoms with Crippen molar-refractivity contribution in [2.75, 3.05) is 13.6 Å². The first kappa shape index (κ1) is 19.4. The Labute approximate surface area is 139 Å². The Morgan fingerprint density at radius 3 is 2.26 bits per heavy atom. The minimum atomic E-state index is -3.28. The van der Waals surface area contributed by atoms with Crippen molar-refractivity contribution in [3.05, 3.63) is 35.4 Å². The van der Waals surface area contributed by atoms with E-state index in [9.17, 15) is 8.42 Å². The predicted molar refractivity (Wildman–Crippen MR) is 95.8 cm³/mol. The van der Waals surface area contributed by atoms with Crippen LogP contribution in [0.25, 0.3) is 0 Å². The number of hydrogen-bond donors (Lipinski definition) is 3. The van der Waals surface area contributed by atoms with Crippen LogP contribution in [0.2, 0.25) is 0 Å². The number of sulfonamides is 1. The number of aliphatic imine (C=N–C) groups is 1. The minimum Gasteiger partial charge on any atom is -0.356 e. The van der Waals surface area contributed by atoms with E-state index in [4.69, 9.17) is 0 Å². The van der Waals surface area contributed by atoms with Gasteiger partial charge in [0.2, 0.25) is 10.0 Å². The molecule has 1 rings (SSSR count). The Kier molecular flexibility index (Phi) is 8.05. The molecule has 0 bridgehead atoms. The standard InChI is InChI=1S/C16H28N4O2S/c1-5-10-18-16(17-4)19-11-14-6-8-15(9-7-14)12-23(21,22)20-13(2)3/h6-9,13,20H,5,10-12H2,1-4H3,(H2,17,18,19). The summed E-state index contributed by atoms with van der Waals surface area (Å²) < 4.78 is 26.4. The molecule has 0 aliphatic carbocycles. The molecule has 0 saturated carbocycles. The van der Waals surface area contributed by atoms with E-state index in [1.807, 2.05) is 38.1 Å². The summed E-state index contributed by atoms with van der Waals surface area (Å²) in [5.41, 5.74) is 1.85. The van der Waals surface area contributed by atoms with Crippen molar-refractivity contribution in [3.63, 3.8) is 0 Å². The molecule has 7 heteroatoms. The molecule has 0 heterocycles. The van der Waals surface area contributed by atoms with Crippen LogP contribution in [0.1, 0.15) is 38.3 Å². The van der Waals surface area contributed by atoms with Crippen molar-refractivity contribution in [2.24, 2.45) is 4.99 Å². The van der Waals surface area contributed by atoms with Crippen molar-refractivity contribution < 1.29 is 8.42 Å². The molecule has 0 aliphatic heterocycles. The molecule has 0 unspecified atom stereocenters. The van der Waals surface area contributed by atoms with Crippen LogP contribution in [-0.4, -0.2) is 34.0 Å². The van der Waals surface area contributed by atoms with E-state index in [1.165, 1.54) is 0 Å². The highest BCUT2D eigenvalue weighted by atomic mass is 32.2. The predicted octanol–water partition coefficient (Wildman–Crippen LogP) is 1.59.